The predicted molar refractivity (Wildman–Crippen MR) is 94.9 cm³/mol. The molecule has 0 spiro atoms. The van der Waals surface area contributed by atoms with Gasteiger partial charge >= 0.3 is 5.69 Å². The van der Waals surface area contributed by atoms with Crippen molar-refractivity contribution < 1.29 is 5.11 Å². The number of nitrogens with zero attached hydrogens (tertiary/aromatic N) is 3. The van der Waals surface area contributed by atoms with Crippen molar-refractivity contribution >= 4 is 15.9 Å². The molecule has 5 nitrogen and oxygen atoms in total. The molecule has 0 aliphatic carbocycles. The minimum absolute atomic E-state index is 0.127. The van der Waals surface area contributed by atoms with Crippen molar-refractivity contribution in [2.45, 2.75) is 59.0 Å². The molecule has 0 amide bonds. The average Bonchev–Trinajstić information content (AvgIpc) is 2.76. The Balaban J connectivity index is 2.38. The van der Waals surface area contributed by atoms with Gasteiger partial charge in [-0.25, -0.2) is 9.78 Å². The third-order valence-corrected chi connectivity index (χ3v) is 4.40. The number of hydrogen-bond donors (Lipinski definition) is 1. The van der Waals surface area contributed by atoms with Gasteiger partial charge in [0, 0.05) is 12.7 Å². The van der Waals surface area contributed by atoms with Crippen LogP contribution in [0.4, 0.5) is 0 Å². The lowest BCUT2D eigenvalue weighted by molar-refractivity contribution is 0.403. The second kappa shape index (κ2) is 8.34. The number of aromatic hydroxyl groups is 1. The van der Waals surface area contributed by atoms with E-state index in [0.29, 0.717) is 19.5 Å². The van der Waals surface area contributed by atoms with Crippen molar-refractivity contribution in [3.63, 3.8) is 0 Å². The molecule has 2 aromatic rings. The van der Waals surface area contributed by atoms with E-state index in [1.165, 1.54) is 4.57 Å². The number of halogens is 1. The largest absolute Gasteiger partial charge is 0.493 e. The Labute approximate surface area is 145 Å². The minimum Gasteiger partial charge on any atom is -0.493 e. The highest BCUT2D eigenvalue weighted by atomic mass is 79.9. The molecule has 0 saturated carbocycles. The van der Waals surface area contributed by atoms with Gasteiger partial charge in [0.15, 0.2) is 0 Å². The first-order chi connectivity index (χ1) is 11.1. The van der Waals surface area contributed by atoms with Gasteiger partial charge in [-0.1, -0.05) is 32.8 Å². The third-order valence-electron chi connectivity index (χ3n) is 3.93. The van der Waals surface area contributed by atoms with Crippen LogP contribution in [0.1, 0.15) is 50.8 Å². The summed E-state index contributed by atoms with van der Waals surface area (Å²) in [7, 11) is 0. The maximum atomic E-state index is 12.7. The van der Waals surface area contributed by atoms with Crippen molar-refractivity contribution in [2.75, 3.05) is 0 Å². The van der Waals surface area contributed by atoms with E-state index < -0.39 is 0 Å². The fraction of sp³-hybridized carbons (Fsp3) is 0.529. The second-order valence-electron chi connectivity index (χ2n) is 5.74. The molecular formula is C17H24BrN3O2. The summed E-state index contributed by atoms with van der Waals surface area (Å²) in [6, 6.07) is 3.80. The molecule has 126 valence electrons. The van der Waals surface area contributed by atoms with Gasteiger partial charge in [-0.2, -0.15) is 0 Å². The Hall–Kier alpha value is -1.56. The number of hydrogen-bond acceptors (Lipinski definition) is 3. The van der Waals surface area contributed by atoms with E-state index in [1.54, 1.807) is 10.8 Å². The molecule has 2 heterocycles. The Bertz CT molecular complexity index is 689. The number of rotatable bonds is 8. The standard InChI is InChI=1S/C17H24BrN3O2/c1-3-5-7-14-16(22)20(10-6-4-2)17(23)21(14)12-13-8-9-15(18)19-11-13/h8-9,11,22H,3-7,10,12H2,1-2H3. The van der Waals surface area contributed by atoms with E-state index in [0.717, 1.165) is 41.5 Å². The Morgan fingerprint density at radius 1 is 1.17 bits per heavy atom. The van der Waals surface area contributed by atoms with Crippen LogP contribution in [0.3, 0.4) is 0 Å². The number of unbranched alkanes of at least 4 members (excludes halogenated alkanes) is 2. The Kier molecular flexibility index (Phi) is 6.45. The second-order valence-corrected chi connectivity index (χ2v) is 6.55. The van der Waals surface area contributed by atoms with Gasteiger partial charge in [0.2, 0.25) is 5.88 Å². The highest BCUT2D eigenvalue weighted by molar-refractivity contribution is 9.10. The molecule has 1 N–H and O–H groups in total. The normalized spacial score (nSPS) is 11.1. The fourth-order valence-electron chi connectivity index (χ4n) is 2.58. The summed E-state index contributed by atoms with van der Waals surface area (Å²) in [6.07, 6.45) is 6.29. The first-order valence-corrected chi connectivity index (χ1v) is 8.99. The molecule has 23 heavy (non-hydrogen) atoms. The van der Waals surface area contributed by atoms with E-state index >= 15 is 0 Å². The average molecular weight is 382 g/mol. The van der Waals surface area contributed by atoms with Gasteiger partial charge in [0.05, 0.1) is 12.2 Å². The van der Waals surface area contributed by atoms with Gasteiger partial charge in [-0.15, -0.1) is 0 Å². The van der Waals surface area contributed by atoms with Gasteiger partial charge < -0.3 is 5.11 Å². The number of aromatic nitrogens is 3. The van der Waals surface area contributed by atoms with Gasteiger partial charge in [0.1, 0.15) is 4.60 Å². The molecule has 0 radical (unpaired) electrons. The molecule has 0 aliphatic rings. The fourth-order valence-corrected chi connectivity index (χ4v) is 2.82. The van der Waals surface area contributed by atoms with Crippen LogP contribution >= 0.6 is 15.9 Å². The zero-order valence-electron chi connectivity index (χ0n) is 13.8. The van der Waals surface area contributed by atoms with Gasteiger partial charge in [-0.05, 0) is 46.8 Å². The highest BCUT2D eigenvalue weighted by Crippen LogP contribution is 2.20. The Morgan fingerprint density at radius 3 is 2.52 bits per heavy atom. The van der Waals surface area contributed by atoms with Crippen molar-refractivity contribution in [2.24, 2.45) is 0 Å². The predicted octanol–water partition coefficient (Wildman–Crippen LogP) is 3.70. The van der Waals surface area contributed by atoms with E-state index in [-0.39, 0.29) is 11.6 Å². The van der Waals surface area contributed by atoms with E-state index in [4.69, 9.17) is 0 Å². The van der Waals surface area contributed by atoms with E-state index in [2.05, 4.69) is 34.8 Å². The summed E-state index contributed by atoms with van der Waals surface area (Å²) < 4.78 is 3.95. The summed E-state index contributed by atoms with van der Waals surface area (Å²) in [6.45, 7) is 5.17. The lowest BCUT2D eigenvalue weighted by Gasteiger charge is -2.07. The first kappa shape index (κ1) is 17.8. The third kappa shape index (κ3) is 4.25. The van der Waals surface area contributed by atoms with Crippen LogP contribution < -0.4 is 5.69 Å². The molecule has 2 rings (SSSR count). The van der Waals surface area contributed by atoms with Crippen LogP contribution in [0, 0.1) is 0 Å². The quantitative estimate of drug-likeness (QED) is 0.709. The van der Waals surface area contributed by atoms with Gasteiger partial charge in [0.25, 0.3) is 0 Å². The van der Waals surface area contributed by atoms with Crippen LogP contribution in [0.2, 0.25) is 0 Å². The maximum absolute atomic E-state index is 12.7. The molecule has 6 heteroatoms. The molecule has 0 atom stereocenters. The van der Waals surface area contributed by atoms with Crippen LogP contribution in [0.25, 0.3) is 0 Å². The Morgan fingerprint density at radius 2 is 1.91 bits per heavy atom. The minimum atomic E-state index is -0.134. The summed E-state index contributed by atoms with van der Waals surface area (Å²) >= 11 is 3.31. The zero-order valence-corrected chi connectivity index (χ0v) is 15.3. The van der Waals surface area contributed by atoms with Crippen LogP contribution in [-0.4, -0.2) is 19.2 Å². The van der Waals surface area contributed by atoms with Crippen molar-refractivity contribution in [3.05, 3.63) is 44.7 Å². The van der Waals surface area contributed by atoms with Gasteiger partial charge in [-0.3, -0.25) is 9.13 Å². The lowest BCUT2D eigenvalue weighted by Crippen LogP contribution is -2.25. The molecule has 0 unspecified atom stereocenters. The molecule has 2 aromatic heterocycles. The molecule has 0 bridgehead atoms. The van der Waals surface area contributed by atoms with Crippen LogP contribution in [0.15, 0.2) is 27.7 Å². The molecule has 0 saturated heterocycles. The first-order valence-electron chi connectivity index (χ1n) is 8.20. The summed E-state index contributed by atoms with van der Waals surface area (Å²) in [4.78, 5) is 16.9. The lowest BCUT2D eigenvalue weighted by atomic mass is 10.2. The van der Waals surface area contributed by atoms with E-state index in [1.807, 2.05) is 12.1 Å². The smallest absolute Gasteiger partial charge is 0.331 e. The maximum Gasteiger partial charge on any atom is 0.331 e. The van der Waals surface area contributed by atoms with E-state index in [9.17, 15) is 9.90 Å². The van der Waals surface area contributed by atoms with Crippen molar-refractivity contribution in [3.8, 4) is 5.88 Å². The van der Waals surface area contributed by atoms with Crippen LogP contribution in [-0.2, 0) is 19.5 Å². The highest BCUT2D eigenvalue weighted by Gasteiger charge is 2.18. The summed E-state index contributed by atoms with van der Waals surface area (Å²) in [5.41, 5.74) is 1.54. The molecule has 0 aliphatic heterocycles. The number of pyridine rings is 1. The van der Waals surface area contributed by atoms with Crippen molar-refractivity contribution in [1.29, 1.82) is 0 Å². The summed E-state index contributed by atoms with van der Waals surface area (Å²) in [5, 5.41) is 10.5. The SMILES string of the molecule is CCCCc1c(O)n(CCCC)c(=O)n1Cc1ccc(Br)nc1. The topological polar surface area (TPSA) is 60.1 Å². The molecular weight excluding hydrogens is 358 g/mol. The molecule has 0 fully saturated rings. The monoisotopic (exact) mass is 381 g/mol. The molecule has 0 aromatic carbocycles. The summed E-state index contributed by atoms with van der Waals surface area (Å²) in [5.74, 6) is 0.127. The van der Waals surface area contributed by atoms with Crippen molar-refractivity contribution in [1.82, 2.24) is 14.1 Å². The number of imidazole rings is 1. The van der Waals surface area contributed by atoms with Crippen LogP contribution in [0.5, 0.6) is 5.88 Å². The zero-order chi connectivity index (χ0) is 16.8.